The number of benzene rings is 13. The molecule has 0 bridgehead atoms. The zero-order chi connectivity index (χ0) is 64.3. The topological polar surface area (TPSA) is 78.5 Å². The van der Waals surface area contributed by atoms with Gasteiger partial charge in [0, 0.05) is 94.2 Å². The van der Waals surface area contributed by atoms with Crippen LogP contribution in [0.1, 0.15) is 27.8 Å². The van der Waals surface area contributed by atoms with Gasteiger partial charge in [-0.2, -0.15) is 5.26 Å². The van der Waals surface area contributed by atoms with E-state index in [1.807, 2.05) is 30.6 Å². The third kappa shape index (κ3) is 7.63. The third-order valence-corrected chi connectivity index (χ3v) is 20.9. The Bertz CT molecular complexity index is 6400. The molecule has 0 radical (unpaired) electrons. The smallest absolute Gasteiger partial charge is 0.132 e. The van der Waals surface area contributed by atoms with E-state index >= 15 is 0 Å². The molecule has 2 aliphatic rings. The number of hydrogen-bond donors (Lipinski definition) is 0. The Balaban J connectivity index is 0.847. The zero-order valence-corrected chi connectivity index (χ0v) is 52.6. The van der Waals surface area contributed by atoms with Gasteiger partial charge in [0.15, 0.2) is 0 Å². The Labute approximate surface area is 562 Å². The predicted molar refractivity (Wildman–Crippen MR) is 398 cm³/mol. The lowest BCUT2D eigenvalue weighted by molar-refractivity contribution is 0.436. The number of aromatic nitrogens is 6. The van der Waals surface area contributed by atoms with E-state index in [2.05, 4.69) is 316 Å². The summed E-state index contributed by atoms with van der Waals surface area (Å²) >= 11 is 0. The van der Waals surface area contributed by atoms with Crippen LogP contribution in [0.25, 0.3) is 155 Å². The highest BCUT2D eigenvalue weighted by Crippen LogP contribution is 2.63. The van der Waals surface area contributed by atoms with Gasteiger partial charge in [-0.3, -0.25) is 9.97 Å². The molecule has 0 saturated carbocycles. The molecule has 1 aliphatic heterocycles. The third-order valence-electron chi connectivity index (χ3n) is 20.9. The van der Waals surface area contributed by atoms with E-state index in [0.29, 0.717) is 5.56 Å². The Morgan fingerprint density at radius 1 is 0.265 bits per heavy atom. The fourth-order valence-corrected chi connectivity index (χ4v) is 16.7. The maximum atomic E-state index is 10.3. The number of rotatable bonds is 7. The van der Waals surface area contributed by atoms with Gasteiger partial charge >= 0.3 is 0 Å². The summed E-state index contributed by atoms with van der Waals surface area (Å²) in [6, 6.07) is 114. The van der Waals surface area contributed by atoms with Crippen molar-refractivity contribution in [3.63, 3.8) is 0 Å². The van der Waals surface area contributed by atoms with Gasteiger partial charge in [0.1, 0.15) is 11.5 Å². The van der Waals surface area contributed by atoms with Gasteiger partial charge in [-0.15, -0.1) is 0 Å². The molecule has 0 amide bonds. The average molecular weight is 1250 g/mol. The van der Waals surface area contributed by atoms with Crippen LogP contribution in [0.4, 0.5) is 0 Å². The highest BCUT2D eigenvalue weighted by Gasteiger charge is 2.53. The highest BCUT2D eigenvalue weighted by molar-refractivity contribution is 6.14. The molecule has 454 valence electrons. The Hall–Kier alpha value is -13.4. The number of pyridine rings is 2. The van der Waals surface area contributed by atoms with Crippen LogP contribution in [-0.2, 0) is 5.41 Å². The number of para-hydroxylation sites is 7. The summed E-state index contributed by atoms with van der Waals surface area (Å²) in [5, 5.41) is 19.4. The molecule has 1 aliphatic carbocycles. The van der Waals surface area contributed by atoms with Gasteiger partial charge in [0.05, 0.1) is 84.5 Å². The largest absolute Gasteiger partial charge is 0.457 e. The lowest BCUT2D eigenvalue weighted by Gasteiger charge is -2.39. The molecule has 7 heterocycles. The van der Waals surface area contributed by atoms with Crippen molar-refractivity contribution in [2.24, 2.45) is 0 Å². The summed E-state index contributed by atoms with van der Waals surface area (Å²) in [4.78, 5) is 11.3. The van der Waals surface area contributed by atoms with Crippen molar-refractivity contribution >= 4 is 87.2 Å². The lowest BCUT2D eigenvalue weighted by Crippen LogP contribution is -2.32. The van der Waals surface area contributed by atoms with E-state index in [1.165, 1.54) is 32.3 Å². The molecule has 6 aromatic heterocycles. The summed E-state index contributed by atoms with van der Waals surface area (Å²) in [5.41, 5.74) is 24.4. The fourth-order valence-electron chi connectivity index (χ4n) is 16.7. The molecule has 21 rings (SSSR count). The molecule has 8 heteroatoms. The highest BCUT2D eigenvalue weighted by atomic mass is 16.5. The molecule has 19 aromatic rings. The number of nitriles is 1. The quantitative estimate of drug-likeness (QED) is 0.159. The maximum absolute atomic E-state index is 10.3. The van der Waals surface area contributed by atoms with Crippen LogP contribution >= 0.6 is 0 Å². The number of fused-ring (bicyclic) bond motifs is 21. The van der Waals surface area contributed by atoms with Crippen LogP contribution in [0.2, 0.25) is 0 Å². The first-order chi connectivity index (χ1) is 48.5. The van der Waals surface area contributed by atoms with E-state index in [9.17, 15) is 5.26 Å². The van der Waals surface area contributed by atoms with Gasteiger partial charge in [-0.05, 0) is 179 Å². The molecule has 8 nitrogen and oxygen atoms in total. The molecule has 0 unspecified atom stereocenters. The van der Waals surface area contributed by atoms with E-state index in [-0.39, 0.29) is 0 Å². The molecular weight excluding hydrogens is 1200 g/mol. The SMILES string of the molecule is N#Cc1ccc2c(c1)c1cc(-c3cnc4c(c3)C3(c5cc(-c6ccc7c(c6)c6ccccc6n7-c6ccccc6)ccc5Oc5ccc(-c6ccc7c(c6)c6ccccc6n7-c6ccccc6)cc53)c3cc(-n5c6ccccc6c6ccccc65)cnc3-4)ccc1n2-c1ccccc1. The van der Waals surface area contributed by atoms with Crippen LogP contribution in [0.15, 0.2) is 322 Å². The fraction of sp³-hybridized carbons (Fsp3) is 0.0111. The van der Waals surface area contributed by atoms with Crippen molar-refractivity contribution in [3.8, 4) is 85.1 Å². The Kier molecular flexibility index (Phi) is 11.4. The summed E-state index contributed by atoms with van der Waals surface area (Å²) in [7, 11) is 0. The molecule has 98 heavy (non-hydrogen) atoms. The second-order valence-electron chi connectivity index (χ2n) is 25.9. The molecule has 1 spiro atoms. The van der Waals surface area contributed by atoms with Crippen LogP contribution < -0.4 is 4.74 Å². The van der Waals surface area contributed by atoms with Crippen molar-refractivity contribution in [2.45, 2.75) is 5.41 Å². The van der Waals surface area contributed by atoms with E-state index in [0.717, 1.165) is 156 Å². The number of nitrogens with zero attached hydrogens (tertiary/aromatic N) is 7. The van der Waals surface area contributed by atoms with Crippen LogP contribution in [-0.4, -0.2) is 28.2 Å². The first-order valence-electron chi connectivity index (χ1n) is 33.2. The van der Waals surface area contributed by atoms with Crippen molar-refractivity contribution in [3.05, 3.63) is 350 Å². The van der Waals surface area contributed by atoms with E-state index in [1.54, 1.807) is 0 Å². The monoisotopic (exact) mass is 1250 g/mol. The van der Waals surface area contributed by atoms with Gasteiger partial charge in [0.2, 0.25) is 0 Å². The first kappa shape index (κ1) is 54.1. The van der Waals surface area contributed by atoms with Crippen LogP contribution in [0.5, 0.6) is 11.5 Å². The van der Waals surface area contributed by atoms with Crippen LogP contribution in [0.3, 0.4) is 0 Å². The summed E-state index contributed by atoms with van der Waals surface area (Å²) < 4.78 is 16.9. The van der Waals surface area contributed by atoms with Crippen molar-refractivity contribution in [1.29, 1.82) is 5.26 Å². The zero-order valence-electron chi connectivity index (χ0n) is 52.6. The first-order valence-corrected chi connectivity index (χ1v) is 33.2. The summed E-state index contributed by atoms with van der Waals surface area (Å²) in [6.07, 6.45) is 4.07. The number of ether oxygens (including phenoxy) is 1. The van der Waals surface area contributed by atoms with Gasteiger partial charge < -0.3 is 23.0 Å². The van der Waals surface area contributed by atoms with Crippen molar-refractivity contribution in [1.82, 2.24) is 28.2 Å². The molecule has 13 aromatic carbocycles. The average Bonchev–Trinajstić information content (AvgIpc) is 1.45. The molecule has 0 fully saturated rings. The summed E-state index contributed by atoms with van der Waals surface area (Å²) in [6.45, 7) is 0. The minimum Gasteiger partial charge on any atom is -0.457 e. The van der Waals surface area contributed by atoms with Crippen LogP contribution in [0, 0.1) is 11.3 Å². The molecule has 0 saturated heterocycles. The second kappa shape index (κ2) is 20.6. The van der Waals surface area contributed by atoms with Gasteiger partial charge in [-0.1, -0.05) is 158 Å². The van der Waals surface area contributed by atoms with E-state index in [4.69, 9.17) is 14.7 Å². The second-order valence-corrected chi connectivity index (χ2v) is 25.9. The molecular formula is C90H53N7O. The maximum Gasteiger partial charge on any atom is 0.132 e. The molecule has 0 N–H and O–H groups in total. The van der Waals surface area contributed by atoms with Gasteiger partial charge in [0.25, 0.3) is 0 Å². The minimum absolute atomic E-state index is 0.606. The van der Waals surface area contributed by atoms with Crippen molar-refractivity contribution in [2.75, 3.05) is 0 Å². The van der Waals surface area contributed by atoms with Gasteiger partial charge in [-0.25, -0.2) is 0 Å². The lowest BCUT2D eigenvalue weighted by atomic mass is 9.65. The Morgan fingerprint density at radius 3 is 1.05 bits per heavy atom. The summed E-state index contributed by atoms with van der Waals surface area (Å²) in [5.74, 6) is 1.50. The Morgan fingerprint density at radius 2 is 0.592 bits per heavy atom. The van der Waals surface area contributed by atoms with Crippen molar-refractivity contribution < 1.29 is 4.74 Å². The normalized spacial score (nSPS) is 12.8. The molecule has 0 atom stereocenters. The number of hydrogen-bond acceptors (Lipinski definition) is 4. The van der Waals surface area contributed by atoms with E-state index < -0.39 is 5.41 Å². The standard InChI is InChI=1S/C90H53N7O/c91-52-55-32-38-82-70(44-55)73-47-58(35-41-85(73)96(82)64-22-8-3-9-23-64)61-50-76-88(92-53-61)89-77(51-65(54-93-89)97-78-28-14-10-24-66(78)67-25-11-15-29-79(67)97)90(76)74-48-59(56-33-39-83-71(45-56)68-26-12-16-30-80(68)94(83)62-18-4-1-5-19-62)36-42-86(74)98-87-43-37-60(49-75(87)90)57-34-40-84-72(46-57)69-27-13-17-31-81(69)95(84)63-20-6-2-7-21-63/h1-51,53-54H. The minimum atomic E-state index is -1.08. The predicted octanol–water partition coefficient (Wildman–Crippen LogP) is 22.2.